The van der Waals surface area contributed by atoms with Crippen molar-refractivity contribution in [2.24, 2.45) is 5.92 Å². The second-order valence-corrected chi connectivity index (χ2v) is 8.04. The molecule has 4 nitrogen and oxygen atoms in total. The summed E-state index contributed by atoms with van der Waals surface area (Å²) in [6.45, 7) is 0.991. The molecule has 0 saturated carbocycles. The van der Waals surface area contributed by atoms with Crippen LogP contribution in [0.1, 0.15) is 12.8 Å². The van der Waals surface area contributed by atoms with Crippen LogP contribution in [0.15, 0.2) is 16.6 Å². The van der Waals surface area contributed by atoms with Crippen molar-refractivity contribution in [3.8, 4) is 5.75 Å². The molecule has 2 rings (SSSR count). The number of halogens is 3. The van der Waals surface area contributed by atoms with Gasteiger partial charge in [-0.1, -0.05) is 15.9 Å². The van der Waals surface area contributed by atoms with E-state index in [0.717, 1.165) is 18.9 Å². The molecule has 0 amide bonds. The van der Waals surface area contributed by atoms with E-state index in [1.54, 1.807) is 0 Å². The Bertz CT molecular complexity index is 624. The average molecular weight is 384 g/mol. The van der Waals surface area contributed by atoms with Gasteiger partial charge in [0, 0.05) is 23.5 Å². The van der Waals surface area contributed by atoms with E-state index in [-0.39, 0.29) is 18.3 Å². The third kappa shape index (κ3) is 4.37. The summed E-state index contributed by atoms with van der Waals surface area (Å²) >= 11 is 3.07. The molecule has 21 heavy (non-hydrogen) atoms. The van der Waals surface area contributed by atoms with Crippen molar-refractivity contribution in [1.29, 1.82) is 0 Å². The second kappa shape index (κ2) is 6.58. The van der Waals surface area contributed by atoms with Crippen LogP contribution in [-0.4, -0.2) is 38.7 Å². The molecule has 8 heteroatoms. The highest BCUT2D eigenvalue weighted by atomic mass is 79.9. The average Bonchev–Trinajstić information content (AvgIpc) is 2.40. The van der Waals surface area contributed by atoms with Crippen LogP contribution in [0.4, 0.5) is 8.78 Å². The van der Waals surface area contributed by atoms with E-state index < -0.39 is 21.7 Å². The molecule has 0 spiro atoms. The van der Waals surface area contributed by atoms with E-state index in [1.807, 2.05) is 0 Å². The number of rotatable bonds is 4. The van der Waals surface area contributed by atoms with Crippen LogP contribution in [0.25, 0.3) is 0 Å². The molecule has 0 bridgehead atoms. The number of ether oxygens (including phenoxy) is 1. The van der Waals surface area contributed by atoms with Crippen LogP contribution >= 0.6 is 15.9 Å². The molecule has 1 saturated heterocycles. The highest BCUT2D eigenvalue weighted by Gasteiger charge is 2.26. The van der Waals surface area contributed by atoms with Crippen LogP contribution in [0.5, 0.6) is 5.75 Å². The summed E-state index contributed by atoms with van der Waals surface area (Å²) in [6, 6.07) is 2.38. The predicted molar refractivity (Wildman–Crippen MR) is 78.7 cm³/mol. The van der Waals surface area contributed by atoms with E-state index in [0.29, 0.717) is 17.6 Å². The standard InChI is InChI=1S/C13H16BrF2NO3S/c1-21(18,19)17-4-2-3-9(7-17)8-20-12-6-10(14)5-11(15)13(12)16/h5-6,9H,2-4,7-8H2,1H3. The smallest absolute Gasteiger partial charge is 0.211 e. The minimum absolute atomic E-state index is 0.0325. The van der Waals surface area contributed by atoms with E-state index in [1.165, 1.54) is 16.6 Å². The van der Waals surface area contributed by atoms with Crippen molar-refractivity contribution in [2.75, 3.05) is 26.0 Å². The number of hydrogen-bond acceptors (Lipinski definition) is 3. The quantitative estimate of drug-likeness (QED) is 0.751. The maximum Gasteiger partial charge on any atom is 0.211 e. The first-order chi connectivity index (χ1) is 9.77. The zero-order valence-corrected chi connectivity index (χ0v) is 13.9. The van der Waals surface area contributed by atoms with Gasteiger partial charge in [-0.2, -0.15) is 4.39 Å². The molecule has 1 fully saturated rings. The van der Waals surface area contributed by atoms with Gasteiger partial charge in [0.2, 0.25) is 15.8 Å². The molecular formula is C13H16BrF2NO3S. The highest BCUT2D eigenvalue weighted by molar-refractivity contribution is 9.10. The molecule has 1 aliphatic rings. The molecule has 1 heterocycles. The van der Waals surface area contributed by atoms with Gasteiger partial charge in [-0.3, -0.25) is 0 Å². The lowest BCUT2D eigenvalue weighted by Gasteiger charge is -2.30. The Labute approximate surface area is 131 Å². The fraction of sp³-hybridized carbons (Fsp3) is 0.538. The Morgan fingerprint density at radius 2 is 2.14 bits per heavy atom. The van der Waals surface area contributed by atoms with Gasteiger partial charge in [-0.15, -0.1) is 0 Å². The Balaban J connectivity index is 2.00. The normalized spacial score (nSPS) is 20.5. The first kappa shape index (κ1) is 16.6. The van der Waals surface area contributed by atoms with Gasteiger partial charge in [0.15, 0.2) is 11.6 Å². The summed E-state index contributed by atoms with van der Waals surface area (Å²) in [4.78, 5) is 0. The molecule has 0 N–H and O–H groups in total. The number of sulfonamides is 1. The van der Waals surface area contributed by atoms with Crippen LogP contribution < -0.4 is 4.74 Å². The van der Waals surface area contributed by atoms with E-state index in [4.69, 9.17) is 4.74 Å². The molecule has 0 aliphatic carbocycles. The first-order valence-electron chi connectivity index (χ1n) is 6.50. The molecule has 1 atom stereocenters. The van der Waals surface area contributed by atoms with Gasteiger partial charge in [0.1, 0.15) is 0 Å². The highest BCUT2D eigenvalue weighted by Crippen LogP contribution is 2.27. The summed E-state index contributed by atoms with van der Waals surface area (Å²) < 4.78 is 57.0. The predicted octanol–water partition coefficient (Wildman–Crippen LogP) is 2.78. The van der Waals surface area contributed by atoms with Crippen LogP contribution in [-0.2, 0) is 10.0 Å². The molecule has 0 radical (unpaired) electrons. The fourth-order valence-corrected chi connectivity index (χ4v) is 3.66. The topological polar surface area (TPSA) is 46.6 Å². The van der Waals surface area contributed by atoms with Gasteiger partial charge < -0.3 is 4.74 Å². The van der Waals surface area contributed by atoms with Gasteiger partial charge >= 0.3 is 0 Å². The summed E-state index contributed by atoms with van der Waals surface area (Å²) in [7, 11) is -3.23. The minimum Gasteiger partial charge on any atom is -0.490 e. The lowest BCUT2D eigenvalue weighted by atomic mass is 10.0. The van der Waals surface area contributed by atoms with Crippen molar-refractivity contribution in [2.45, 2.75) is 12.8 Å². The molecule has 1 aromatic carbocycles. The van der Waals surface area contributed by atoms with Crippen molar-refractivity contribution in [3.05, 3.63) is 28.2 Å². The van der Waals surface area contributed by atoms with Gasteiger partial charge in [0.05, 0.1) is 12.9 Å². The second-order valence-electron chi connectivity index (χ2n) is 5.14. The van der Waals surface area contributed by atoms with Gasteiger partial charge in [-0.05, 0) is 25.0 Å². The molecule has 1 aliphatic heterocycles. The zero-order valence-electron chi connectivity index (χ0n) is 11.5. The molecule has 118 valence electrons. The van der Waals surface area contributed by atoms with Crippen LogP contribution in [0.3, 0.4) is 0 Å². The third-order valence-corrected chi connectivity index (χ3v) is 5.11. The Kier molecular flexibility index (Phi) is 5.21. The van der Waals surface area contributed by atoms with Crippen molar-refractivity contribution in [1.82, 2.24) is 4.31 Å². The third-order valence-electron chi connectivity index (χ3n) is 3.38. The first-order valence-corrected chi connectivity index (χ1v) is 9.14. The van der Waals surface area contributed by atoms with Crippen molar-refractivity contribution in [3.63, 3.8) is 0 Å². The van der Waals surface area contributed by atoms with E-state index >= 15 is 0 Å². The van der Waals surface area contributed by atoms with Crippen molar-refractivity contribution >= 4 is 26.0 Å². The molecule has 1 unspecified atom stereocenters. The van der Waals surface area contributed by atoms with Crippen molar-refractivity contribution < 1.29 is 21.9 Å². The van der Waals surface area contributed by atoms with Gasteiger partial charge in [-0.25, -0.2) is 17.1 Å². The minimum atomic E-state index is -3.23. The summed E-state index contributed by atoms with van der Waals surface area (Å²) in [5.41, 5.74) is 0. The molecule has 0 aromatic heterocycles. The number of benzene rings is 1. The Hall–Kier alpha value is -0.730. The maximum atomic E-state index is 13.6. The molecule has 1 aromatic rings. The lowest BCUT2D eigenvalue weighted by molar-refractivity contribution is 0.175. The SMILES string of the molecule is CS(=O)(=O)N1CCCC(COc2cc(Br)cc(F)c2F)C1. The van der Waals surface area contributed by atoms with Crippen LogP contribution in [0.2, 0.25) is 0 Å². The summed E-state index contributed by atoms with van der Waals surface area (Å²) in [5, 5.41) is 0. The number of hydrogen-bond donors (Lipinski definition) is 0. The Morgan fingerprint density at radius 1 is 1.43 bits per heavy atom. The summed E-state index contributed by atoms with van der Waals surface area (Å²) in [5.74, 6) is -2.22. The monoisotopic (exact) mass is 383 g/mol. The summed E-state index contributed by atoms with van der Waals surface area (Å²) in [6.07, 6.45) is 2.69. The largest absolute Gasteiger partial charge is 0.490 e. The zero-order chi connectivity index (χ0) is 15.6. The van der Waals surface area contributed by atoms with Crippen LogP contribution in [0, 0.1) is 17.6 Å². The lowest BCUT2D eigenvalue weighted by Crippen LogP contribution is -2.41. The Morgan fingerprint density at radius 3 is 2.81 bits per heavy atom. The number of piperidine rings is 1. The number of nitrogens with zero attached hydrogens (tertiary/aromatic N) is 1. The van der Waals surface area contributed by atoms with Gasteiger partial charge in [0.25, 0.3) is 0 Å². The molecular weight excluding hydrogens is 368 g/mol. The van der Waals surface area contributed by atoms with E-state index in [9.17, 15) is 17.2 Å². The maximum absolute atomic E-state index is 13.6. The fourth-order valence-electron chi connectivity index (χ4n) is 2.31. The van der Waals surface area contributed by atoms with E-state index in [2.05, 4.69) is 15.9 Å².